The highest BCUT2D eigenvalue weighted by Crippen LogP contribution is 2.15. The van der Waals surface area contributed by atoms with Gasteiger partial charge in [0.1, 0.15) is 0 Å². The normalized spacial score (nSPS) is 10.8. The van der Waals surface area contributed by atoms with Crippen molar-refractivity contribution >= 4 is 11.6 Å². The zero-order chi connectivity index (χ0) is 17.1. The SMILES string of the molecule is Cc1cc(C)n(CCC(=O)Nc2cccc(-n3nnnc3C)c2)n1. The molecule has 2 heterocycles. The van der Waals surface area contributed by atoms with E-state index in [0.717, 1.165) is 17.1 Å². The van der Waals surface area contributed by atoms with Crippen molar-refractivity contribution in [2.45, 2.75) is 33.7 Å². The van der Waals surface area contributed by atoms with Crippen LogP contribution in [0.1, 0.15) is 23.6 Å². The van der Waals surface area contributed by atoms with Crippen LogP contribution in [0, 0.1) is 20.8 Å². The van der Waals surface area contributed by atoms with Crippen LogP contribution in [0.4, 0.5) is 5.69 Å². The Labute approximate surface area is 139 Å². The van der Waals surface area contributed by atoms with E-state index in [-0.39, 0.29) is 5.91 Å². The molecule has 0 saturated carbocycles. The lowest BCUT2D eigenvalue weighted by atomic mass is 10.2. The molecule has 24 heavy (non-hydrogen) atoms. The molecule has 0 fully saturated rings. The van der Waals surface area contributed by atoms with Crippen LogP contribution in [-0.2, 0) is 11.3 Å². The summed E-state index contributed by atoms with van der Waals surface area (Å²) in [5.41, 5.74) is 3.52. The number of amides is 1. The summed E-state index contributed by atoms with van der Waals surface area (Å²) in [6.07, 6.45) is 0.357. The lowest BCUT2D eigenvalue weighted by molar-refractivity contribution is -0.116. The van der Waals surface area contributed by atoms with Crippen molar-refractivity contribution in [1.82, 2.24) is 30.0 Å². The van der Waals surface area contributed by atoms with E-state index in [4.69, 9.17) is 0 Å². The van der Waals surface area contributed by atoms with E-state index in [1.807, 2.05) is 55.8 Å². The fourth-order valence-corrected chi connectivity index (χ4v) is 2.52. The van der Waals surface area contributed by atoms with Crippen LogP contribution in [0.2, 0.25) is 0 Å². The highest BCUT2D eigenvalue weighted by molar-refractivity contribution is 5.90. The molecule has 0 aliphatic heterocycles. The first-order chi connectivity index (χ1) is 11.5. The molecule has 0 unspecified atom stereocenters. The number of aryl methyl sites for hydroxylation is 4. The van der Waals surface area contributed by atoms with Gasteiger partial charge in [0.05, 0.1) is 11.4 Å². The average molecular weight is 325 g/mol. The third-order valence-electron chi connectivity index (χ3n) is 3.65. The number of nitrogens with one attached hydrogen (secondary N) is 1. The van der Waals surface area contributed by atoms with Gasteiger partial charge in [-0.2, -0.15) is 9.78 Å². The summed E-state index contributed by atoms with van der Waals surface area (Å²) >= 11 is 0. The Morgan fingerprint density at radius 3 is 2.71 bits per heavy atom. The molecule has 8 heteroatoms. The van der Waals surface area contributed by atoms with Gasteiger partial charge in [0.2, 0.25) is 5.91 Å². The Morgan fingerprint density at radius 2 is 2.04 bits per heavy atom. The predicted molar refractivity (Wildman–Crippen MR) is 88.8 cm³/mol. The van der Waals surface area contributed by atoms with E-state index < -0.39 is 0 Å². The molecule has 0 spiro atoms. The monoisotopic (exact) mass is 325 g/mol. The highest BCUT2D eigenvalue weighted by atomic mass is 16.1. The summed E-state index contributed by atoms with van der Waals surface area (Å²) in [7, 11) is 0. The third kappa shape index (κ3) is 3.48. The molecule has 0 aliphatic rings. The number of anilines is 1. The first-order valence-corrected chi connectivity index (χ1v) is 7.69. The minimum Gasteiger partial charge on any atom is -0.326 e. The van der Waals surface area contributed by atoms with Gasteiger partial charge in [-0.3, -0.25) is 9.48 Å². The molecule has 1 aromatic carbocycles. The summed E-state index contributed by atoms with van der Waals surface area (Å²) < 4.78 is 3.46. The van der Waals surface area contributed by atoms with Crippen LogP contribution < -0.4 is 5.32 Å². The maximum Gasteiger partial charge on any atom is 0.226 e. The van der Waals surface area contributed by atoms with Gasteiger partial charge < -0.3 is 5.32 Å². The maximum absolute atomic E-state index is 12.2. The molecule has 0 atom stereocenters. The Bertz CT molecular complexity index is 865. The molecule has 0 radical (unpaired) electrons. The molecule has 8 nitrogen and oxygen atoms in total. The standard InChI is InChI=1S/C16H19N7O/c1-11-9-12(2)22(19-11)8-7-16(24)17-14-5-4-6-15(10-14)23-13(3)18-20-21-23/h4-6,9-10H,7-8H2,1-3H3,(H,17,24). The van der Waals surface area contributed by atoms with E-state index in [2.05, 4.69) is 25.9 Å². The molecule has 124 valence electrons. The highest BCUT2D eigenvalue weighted by Gasteiger charge is 2.08. The summed E-state index contributed by atoms with van der Waals surface area (Å²) in [4.78, 5) is 12.2. The number of hydrogen-bond acceptors (Lipinski definition) is 5. The molecule has 2 aromatic heterocycles. The molecule has 3 aromatic rings. The van der Waals surface area contributed by atoms with Gasteiger partial charge in [0.15, 0.2) is 5.82 Å². The number of nitrogens with zero attached hydrogens (tertiary/aromatic N) is 6. The van der Waals surface area contributed by atoms with Crippen LogP contribution >= 0.6 is 0 Å². The molecule has 1 N–H and O–H groups in total. The number of benzene rings is 1. The van der Waals surface area contributed by atoms with Crippen molar-refractivity contribution in [2.75, 3.05) is 5.32 Å². The summed E-state index contributed by atoms with van der Waals surface area (Å²) in [6, 6.07) is 9.41. The number of aromatic nitrogens is 6. The lowest BCUT2D eigenvalue weighted by Crippen LogP contribution is -2.15. The van der Waals surface area contributed by atoms with E-state index in [1.165, 1.54) is 0 Å². The molecule has 1 amide bonds. The fraction of sp³-hybridized carbons (Fsp3) is 0.312. The molecule has 0 bridgehead atoms. The number of hydrogen-bond donors (Lipinski definition) is 1. The second kappa shape index (κ2) is 6.61. The van der Waals surface area contributed by atoms with Crippen LogP contribution in [0.5, 0.6) is 0 Å². The second-order valence-electron chi connectivity index (χ2n) is 5.64. The molecule has 0 saturated heterocycles. The third-order valence-corrected chi connectivity index (χ3v) is 3.65. The average Bonchev–Trinajstić information content (AvgIpc) is 3.10. The Morgan fingerprint density at radius 1 is 1.21 bits per heavy atom. The van der Waals surface area contributed by atoms with Gasteiger partial charge in [-0.1, -0.05) is 6.07 Å². The van der Waals surface area contributed by atoms with Crippen LogP contribution in [-0.4, -0.2) is 35.9 Å². The summed E-state index contributed by atoms with van der Waals surface area (Å²) in [5.74, 6) is 0.621. The first kappa shape index (κ1) is 15.9. The number of carbonyl (C=O) groups excluding carboxylic acids is 1. The topological polar surface area (TPSA) is 90.5 Å². The summed E-state index contributed by atoms with van der Waals surface area (Å²) in [5, 5.41) is 18.7. The Balaban J connectivity index is 1.64. The van der Waals surface area contributed by atoms with E-state index in [0.29, 0.717) is 24.5 Å². The number of rotatable bonds is 5. The second-order valence-corrected chi connectivity index (χ2v) is 5.64. The van der Waals surface area contributed by atoms with Crippen molar-refractivity contribution in [3.05, 3.63) is 47.5 Å². The van der Waals surface area contributed by atoms with E-state index >= 15 is 0 Å². The van der Waals surface area contributed by atoms with E-state index in [1.54, 1.807) is 4.68 Å². The van der Waals surface area contributed by atoms with Crippen LogP contribution in [0.3, 0.4) is 0 Å². The van der Waals surface area contributed by atoms with Crippen LogP contribution in [0.15, 0.2) is 30.3 Å². The summed E-state index contributed by atoms with van der Waals surface area (Å²) in [6.45, 7) is 6.29. The fourth-order valence-electron chi connectivity index (χ4n) is 2.52. The Kier molecular flexibility index (Phi) is 4.37. The van der Waals surface area contributed by atoms with Gasteiger partial charge >= 0.3 is 0 Å². The van der Waals surface area contributed by atoms with Crippen molar-refractivity contribution < 1.29 is 4.79 Å². The van der Waals surface area contributed by atoms with Gasteiger partial charge in [0, 0.05) is 24.3 Å². The van der Waals surface area contributed by atoms with Crippen molar-refractivity contribution in [2.24, 2.45) is 0 Å². The maximum atomic E-state index is 12.2. The zero-order valence-electron chi connectivity index (χ0n) is 13.9. The van der Waals surface area contributed by atoms with E-state index in [9.17, 15) is 4.79 Å². The molecule has 0 aliphatic carbocycles. The largest absolute Gasteiger partial charge is 0.326 e. The molecular weight excluding hydrogens is 306 g/mol. The zero-order valence-corrected chi connectivity index (χ0v) is 13.9. The number of carbonyl (C=O) groups is 1. The van der Waals surface area contributed by atoms with Crippen molar-refractivity contribution in [1.29, 1.82) is 0 Å². The smallest absolute Gasteiger partial charge is 0.226 e. The lowest BCUT2D eigenvalue weighted by Gasteiger charge is -2.08. The first-order valence-electron chi connectivity index (χ1n) is 7.69. The molecule has 3 rings (SSSR count). The number of tetrazole rings is 1. The van der Waals surface area contributed by atoms with Gasteiger partial charge in [-0.25, -0.2) is 0 Å². The van der Waals surface area contributed by atoms with Crippen LogP contribution in [0.25, 0.3) is 5.69 Å². The predicted octanol–water partition coefficient (Wildman–Crippen LogP) is 1.81. The van der Waals surface area contributed by atoms with Gasteiger partial charge in [0.25, 0.3) is 0 Å². The minimum absolute atomic E-state index is 0.0619. The quantitative estimate of drug-likeness (QED) is 0.772. The van der Waals surface area contributed by atoms with Gasteiger partial charge in [-0.05, 0) is 55.5 Å². The Hall–Kier alpha value is -3.03. The molecular formula is C16H19N7O. The van der Waals surface area contributed by atoms with Crippen molar-refractivity contribution in [3.63, 3.8) is 0 Å². The van der Waals surface area contributed by atoms with Gasteiger partial charge in [-0.15, -0.1) is 5.10 Å². The van der Waals surface area contributed by atoms with Crippen molar-refractivity contribution in [3.8, 4) is 5.69 Å². The minimum atomic E-state index is -0.0619.